The van der Waals surface area contributed by atoms with E-state index in [1.807, 2.05) is 0 Å². The van der Waals surface area contributed by atoms with Crippen molar-refractivity contribution >= 4 is 0 Å². The van der Waals surface area contributed by atoms with Crippen LogP contribution in [0.3, 0.4) is 0 Å². The highest BCUT2D eigenvalue weighted by molar-refractivity contribution is 5.35. The molecule has 2 N–H and O–H groups in total. The number of nitrogens with two attached hydrogens (primary N) is 1. The SMILES string of the molecule is NCC1(COc2ccccc2C(F)(F)F)CCOCC1. The summed E-state index contributed by atoms with van der Waals surface area (Å²) in [6.07, 6.45) is -3.00. The third-order valence-corrected chi connectivity index (χ3v) is 3.71. The van der Waals surface area contributed by atoms with E-state index in [2.05, 4.69) is 0 Å². The number of para-hydroxylation sites is 1. The van der Waals surface area contributed by atoms with E-state index in [4.69, 9.17) is 15.2 Å². The minimum atomic E-state index is -4.41. The van der Waals surface area contributed by atoms with Crippen molar-refractivity contribution in [2.24, 2.45) is 11.1 Å². The molecule has 1 aromatic carbocycles. The minimum Gasteiger partial charge on any atom is -0.492 e. The maximum atomic E-state index is 12.9. The molecule has 0 spiro atoms. The second-order valence-electron chi connectivity index (χ2n) is 5.10. The quantitative estimate of drug-likeness (QED) is 0.927. The van der Waals surface area contributed by atoms with E-state index in [0.29, 0.717) is 32.6 Å². The van der Waals surface area contributed by atoms with Gasteiger partial charge in [-0.2, -0.15) is 13.2 Å². The fraction of sp³-hybridized carbons (Fsp3) is 0.571. The molecule has 0 unspecified atom stereocenters. The van der Waals surface area contributed by atoms with Gasteiger partial charge in [0.15, 0.2) is 0 Å². The zero-order valence-electron chi connectivity index (χ0n) is 11.1. The van der Waals surface area contributed by atoms with Gasteiger partial charge in [-0.05, 0) is 25.0 Å². The first-order chi connectivity index (χ1) is 9.47. The minimum absolute atomic E-state index is 0.140. The first kappa shape index (κ1) is 15.1. The van der Waals surface area contributed by atoms with Crippen LogP contribution in [0.25, 0.3) is 0 Å². The van der Waals surface area contributed by atoms with Crippen LogP contribution >= 0.6 is 0 Å². The number of ether oxygens (including phenoxy) is 2. The molecule has 20 heavy (non-hydrogen) atoms. The predicted octanol–water partition coefficient (Wildman–Crippen LogP) is 2.84. The highest BCUT2D eigenvalue weighted by Gasteiger charge is 2.36. The van der Waals surface area contributed by atoms with Crippen molar-refractivity contribution in [3.05, 3.63) is 29.8 Å². The van der Waals surface area contributed by atoms with Crippen LogP contribution in [0.15, 0.2) is 24.3 Å². The van der Waals surface area contributed by atoms with E-state index in [1.54, 1.807) is 0 Å². The third kappa shape index (κ3) is 3.43. The maximum absolute atomic E-state index is 12.9. The van der Waals surface area contributed by atoms with Gasteiger partial charge in [0.25, 0.3) is 0 Å². The molecule has 1 aliphatic rings. The Balaban J connectivity index is 2.10. The van der Waals surface area contributed by atoms with Gasteiger partial charge in [0.05, 0.1) is 12.2 Å². The molecule has 0 bridgehead atoms. The van der Waals surface area contributed by atoms with Crippen LogP contribution in [-0.4, -0.2) is 26.4 Å². The number of rotatable bonds is 4. The molecule has 0 saturated carbocycles. The van der Waals surface area contributed by atoms with Crippen molar-refractivity contribution in [1.82, 2.24) is 0 Å². The summed E-state index contributed by atoms with van der Waals surface area (Å²) in [5, 5.41) is 0. The molecule has 1 saturated heterocycles. The summed E-state index contributed by atoms with van der Waals surface area (Å²) in [4.78, 5) is 0. The second-order valence-corrected chi connectivity index (χ2v) is 5.10. The first-order valence-electron chi connectivity index (χ1n) is 6.54. The number of hydrogen-bond donors (Lipinski definition) is 1. The summed E-state index contributed by atoms with van der Waals surface area (Å²) < 4.78 is 49.3. The van der Waals surface area contributed by atoms with Crippen LogP contribution < -0.4 is 10.5 Å². The monoisotopic (exact) mass is 289 g/mol. The molecule has 0 atom stereocenters. The van der Waals surface area contributed by atoms with Gasteiger partial charge in [-0.25, -0.2) is 0 Å². The number of halogens is 3. The Hall–Kier alpha value is -1.27. The van der Waals surface area contributed by atoms with Crippen LogP contribution in [0.4, 0.5) is 13.2 Å². The molecular weight excluding hydrogens is 271 g/mol. The molecule has 1 heterocycles. The smallest absolute Gasteiger partial charge is 0.419 e. The van der Waals surface area contributed by atoms with Gasteiger partial charge in [-0.1, -0.05) is 12.1 Å². The van der Waals surface area contributed by atoms with E-state index in [1.165, 1.54) is 18.2 Å². The zero-order valence-corrected chi connectivity index (χ0v) is 11.1. The van der Waals surface area contributed by atoms with Gasteiger partial charge in [0, 0.05) is 25.2 Å². The predicted molar refractivity (Wildman–Crippen MR) is 68.5 cm³/mol. The summed E-state index contributed by atoms with van der Waals surface area (Å²) in [6.45, 7) is 1.70. The van der Waals surface area contributed by atoms with Crippen molar-refractivity contribution in [3.8, 4) is 5.75 Å². The fourth-order valence-corrected chi connectivity index (χ4v) is 2.27. The van der Waals surface area contributed by atoms with Crippen molar-refractivity contribution in [2.45, 2.75) is 19.0 Å². The third-order valence-electron chi connectivity index (χ3n) is 3.71. The van der Waals surface area contributed by atoms with Gasteiger partial charge in [-0.3, -0.25) is 0 Å². The van der Waals surface area contributed by atoms with E-state index in [-0.39, 0.29) is 17.8 Å². The lowest BCUT2D eigenvalue weighted by molar-refractivity contribution is -0.139. The summed E-state index contributed by atoms with van der Waals surface area (Å²) in [6, 6.07) is 5.24. The first-order valence-corrected chi connectivity index (χ1v) is 6.54. The van der Waals surface area contributed by atoms with Gasteiger partial charge in [0.1, 0.15) is 5.75 Å². The Bertz CT molecular complexity index is 442. The average Bonchev–Trinajstić information content (AvgIpc) is 2.45. The van der Waals surface area contributed by atoms with Gasteiger partial charge in [-0.15, -0.1) is 0 Å². The van der Waals surface area contributed by atoms with Crippen molar-refractivity contribution < 1.29 is 22.6 Å². The number of alkyl halides is 3. The maximum Gasteiger partial charge on any atom is 0.419 e. The largest absolute Gasteiger partial charge is 0.492 e. The number of benzene rings is 1. The van der Waals surface area contributed by atoms with Gasteiger partial charge >= 0.3 is 6.18 Å². The van der Waals surface area contributed by atoms with Crippen LogP contribution in [-0.2, 0) is 10.9 Å². The van der Waals surface area contributed by atoms with E-state index < -0.39 is 11.7 Å². The molecule has 0 radical (unpaired) electrons. The molecule has 3 nitrogen and oxygen atoms in total. The molecule has 2 rings (SSSR count). The van der Waals surface area contributed by atoms with E-state index in [0.717, 1.165) is 6.07 Å². The van der Waals surface area contributed by atoms with Crippen molar-refractivity contribution in [2.75, 3.05) is 26.4 Å². The molecule has 0 aliphatic carbocycles. The average molecular weight is 289 g/mol. The Morgan fingerprint density at radius 2 is 1.85 bits per heavy atom. The zero-order chi connectivity index (χ0) is 14.6. The van der Waals surface area contributed by atoms with E-state index in [9.17, 15) is 13.2 Å². The Morgan fingerprint density at radius 3 is 2.45 bits per heavy atom. The normalized spacial score (nSPS) is 18.8. The molecule has 6 heteroatoms. The lowest BCUT2D eigenvalue weighted by Crippen LogP contribution is -2.41. The lowest BCUT2D eigenvalue weighted by atomic mass is 9.81. The highest BCUT2D eigenvalue weighted by atomic mass is 19.4. The molecule has 0 aromatic heterocycles. The summed E-state index contributed by atoms with van der Waals surface area (Å²) in [5.74, 6) is -0.140. The van der Waals surface area contributed by atoms with Crippen LogP contribution in [0, 0.1) is 5.41 Å². The highest BCUT2D eigenvalue weighted by Crippen LogP contribution is 2.37. The second kappa shape index (κ2) is 6.01. The van der Waals surface area contributed by atoms with Gasteiger partial charge < -0.3 is 15.2 Å². The summed E-state index contributed by atoms with van der Waals surface area (Å²) in [7, 11) is 0. The van der Waals surface area contributed by atoms with E-state index >= 15 is 0 Å². The Morgan fingerprint density at radius 1 is 1.20 bits per heavy atom. The van der Waals surface area contributed by atoms with Gasteiger partial charge in [0.2, 0.25) is 0 Å². The topological polar surface area (TPSA) is 44.5 Å². The van der Waals surface area contributed by atoms with Crippen molar-refractivity contribution in [1.29, 1.82) is 0 Å². The van der Waals surface area contributed by atoms with Crippen LogP contribution in [0.5, 0.6) is 5.75 Å². The Labute approximate surface area is 115 Å². The summed E-state index contributed by atoms with van der Waals surface area (Å²) in [5.41, 5.74) is 4.72. The Kier molecular flexibility index (Phi) is 4.55. The molecule has 1 aromatic rings. The molecule has 0 amide bonds. The molecule has 112 valence electrons. The van der Waals surface area contributed by atoms with Crippen molar-refractivity contribution in [3.63, 3.8) is 0 Å². The standard InChI is InChI=1S/C14H18F3NO2/c15-14(16,17)11-3-1-2-4-12(11)20-10-13(9-18)5-7-19-8-6-13/h1-4H,5-10,18H2. The van der Waals surface area contributed by atoms with Crippen LogP contribution in [0.1, 0.15) is 18.4 Å². The lowest BCUT2D eigenvalue weighted by Gasteiger charge is -2.35. The molecule has 1 fully saturated rings. The number of hydrogen-bond acceptors (Lipinski definition) is 3. The summed E-state index contributed by atoms with van der Waals surface area (Å²) >= 11 is 0. The van der Waals surface area contributed by atoms with Crippen LogP contribution in [0.2, 0.25) is 0 Å². The molecule has 1 aliphatic heterocycles. The fourth-order valence-electron chi connectivity index (χ4n) is 2.27. The molecular formula is C14H18F3NO2.